The van der Waals surface area contributed by atoms with Crippen molar-refractivity contribution in [2.75, 3.05) is 39.8 Å². The molecule has 0 spiro atoms. The molecule has 5 heteroatoms. The van der Waals surface area contributed by atoms with E-state index in [9.17, 15) is 0 Å². The smallest absolute Gasteiger partial charge is 0.163 e. The molecule has 0 atom stereocenters. The summed E-state index contributed by atoms with van der Waals surface area (Å²) in [6, 6.07) is 0. The van der Waals surface area contributed by atoms with E-state index in [1.165, 1.54) is 0 Å². The minimum Gasteiger partial charge on any atom is -0.368 e. The summed E-state index contributed by atoms with van der Waals surface area (Å²) in [5.41, 5.74) is 0. The van der Waals surface area contributed by atoms with Crippen LogP contribution in [0.15, 0.2) is 16.0 Å². The summed E-state index contributed by atoms with van der Waals surface area (Å²) in [4.78, 5) is 8.86. The molecule has 78 valence electrons. The third-order valence-electron chi connectivity index (χ3n) is 2.56. The number of halogens is 1. The van der Waals surface area contributed by atoms with Gasteiger partial charge in [-0.05, 0) is 7.05 Å². The van der Waals surface area contributed by atoms with Crippen LogP contribution in [0.1, 0.15) is 0 Å². The molecule has 2 heterocycles. The maximum atomic E-state index is 6.05. The lowest BCUT2D eigenvalue weighted by atomic mass is 10.3. The predicted octanol–water partition coefficient (Wildman–Crippen LogP) is 0.273. The van der Waals surface area contributed by atoms with Gasteiger partial charge in [0.1, 0.15) is 5.16 Å². The summed E-state index contributed by atoms with van der Waals surface area (Å²) in [6.07, 6.45) is 1.86. The Kier molecular flexibility index (Phi) is 2.93. The van der Waals surface area contributed by atoms with E-state index in [1.807, 2.05) is 6.21 Å². The van der Waals surface area contributed by atoms with Gasteiger partial charge in [0.05, 0.1) is 6.54 Å². The summed E-state index contributed by atoms with van der Waals surface area (Å²) in [7, 11) is 2.13. The van der Waals surface area contributed by atoms with Crippen LogP contribution in [0.3, 0.4) is 0 Å². The minimum atomic E-state index is 0.678. The number of hydrogen-bond acceptors (Lipinski definition) is 4. The number of piperazine rings is 1. The molecular weight excluding hydrogens is 200 g/mol. The molecule has 0 saturated carbocycles. The first-order chi connectivity index (χ1) is 6.77. The highest BCUT2D eigenvalue weighted by molar-refractivity contribution is 6.29. The zero-order chi connectivity index (χ0) is 9.97. The molecule has 4 nitrogen and oxygen atoms in total. The molecule has 0 aromatic rings. The molecule has 0 aromatic heterocycles. The van der Waals surface area contributed by atoms with Gasteiger partial charge in [-0.25, -0.2) is 4.99 Å². The van der Waals surface area contributed by atoms with Gasteiger partial charge in [0, 0.05) is 32.4 Å². The minimum absolute atomic E-state index is 0.678. The first-order valence-electron chi connectivity index (χ1n) is 4.87. The number of nitrogens with one attached hydrogen (secondary N) is 1. The van der Waals surface area contributed by atoms with Crippen molar-refractivity contribution in [1.29, 1.82) is 0 Å². The van der Waals surface area contributed by atoms with E-state index in [0.29, 0.717) is 5.16 Å². The first-order valence-corrected chi connectivity index (χ1v) is 5.25. The number of hydrogen-bond donors (Lipinski definition) is 1. The zero-order valence-electron chi connectivity index (χ0n) is 8.33. The number of likely N-dealkylation sites (N-methyl/N-ethyl adjacent to an activating group) is 1. The Bertz CT molecular complexity index is 266. The Morgan fingerprint density at radius 1 is 1.36 bits per heavy atom. The van der Waals surface area contributed by atoms with Crippen molar-refractivity contribution in [3.63, 3.8) is 0 Å². The monoisotopic (exact) mass is 214 g/mol. The van der Waals surface area contributed by atoms with Gasteiger partial charge in [-0.3, -0.25) is 0 Å². The Morgan fingerprint density at radius 3 is 2.71 bits per heavy atom. The molecule has 0 aliphatic carbocycles. The largest absolute Gasteiger partial charge is 0.368 e. The maximum absolute atomic E-state index is 6.05. The first kappa shape index (κ1) is 9.80. The molecule has 0 aromatic carbocycles. The Balaban J connectivity index is 2.04. The molecule has 2 aliphatic rings. The van der Waals surface area contributed by atoms with Crippen molar-refractivity contribution in [3.8, 4) is 0 Å². The van der Waals surface area contributed by atoms with Gasteiger partial charge in [-0.15, -0.1) is 0 Å². The molecular formula is C9H15ClN4. The van der Waals surface area contributed by atoms with E-state index >= 15 is 0 Å². The lowest BCUT2D eigenvalue weighted by Gasteiger charge is -2.34. The van der Waals surface area contributed by atoms with Crippen LogP contribution in [0.2, 0.25) is 0 Å². The summed E-state index contributed by atoms with van der Waals surface area (Å²) < 4.78 is 0. The van der Waals surface area contributed by atoms with Crippen LogP contribution in [-0.2, 0) is 0 Å². The lowest BCUT2D eigenvalue weighted by molar-refractivity contribution is 0.184. The van der Waals surface area contributed by atoms with Gasteiger partial charge in [-0.1, -0.05) is 11.6 Å². The van der Waals surface area contributed by atoms with E-state index in [-0.39, 0.29) is 0 Å². The maximum Gasteiger partial charge on any atom is 0.163 e. The fourth-order valence-corrected chi connectivity index (χ4v) is 1.89. The summed E-state index contributed by atoms with van der Waals surface area (Å²) in [5, 5.41) is 3.76. The fraction of sp³-hybridized carbons (Fsp3) is 0.667. The average molecular weight is 215 g/mol. The predicted molar refractivity (Wildman–Crippen MR) is 58.4 cm³/mol. The van der Waals surface area contributed by atoms with Crippen LogP contribution >= 0.6 is 11.6 Å². The van der Waals surface area contributed by atoms with Crippen molar-refractivity contribution in [1.82, 2.24) is 15.1 Å². The Labute approximate surface area is 89.2 Å². The van der Waals surface area contributed by atoms with Crippen LogP contribution in [0.25, 0.3) is 0 Å². The van der Waals surface area contributed by atoms with Gasteiger partial charge in [0.25, 0.3) is 0 Å². The molecule has 1 fully saturated rings. The topological polar surface area (TPSA) is 30.9 Å². The second kappa shape index (κ2) is 4.19. The lowest BCUT2D eigenvalue weighted by Crippen LogP contribution is -2.44. The standard InChI is InChI=1S/C9H15ClN4/c1-13-4-6-14(7-5-13)9-8(10)11-2-3-12-9/h3,11H,2,4-7H2,1H3. The van der Waals surface area contributed by atoms with E-state index in [4.69, 9.17) is 11.6 Å². The van der Waals surface area contributed by atoms with Crippen molar-refractivity contribution < 1.29 is 0 Å². The highest BCUT2D eigenvalue weighted by Crippen LogP contribution is 2.16. The van der Waals surface area contributed by atoms with Crippen LogP contribution < -0.4 is 5.32 Å². The Morgan fingerprint density at radius 2 is 2.07 bits per heavy atom. The van der Waals surface area contributed by atoms with Crippen molar-refractivity contribution in [2.45, 2.75) is 0 Å². The van der Waals surface area contributed by atoms with Crippen LogP contribution in [-0.4, -0.2) is 55.8 Å². The highest BCUT2D eigenvalue weighted by atomic mass is 35.5. The van der Waals surface area contributed by atoms with Crippen molar-refractivity contribution in [3.05, 3.63) is 11.0 Å². The third-order valence-corrected chi connectivity index (χ3v) is 2.86. The van der Waals surface area contributed by atoms with Crippen LogP contribution in [0, 0.1) is 0 Å². The van der Waals surface area contributed by atoms with E-state index in [0.717, 1.165) is 38.5 Å². The quantitative estimate of drug-likeness (QED) is 0.636. The van der Waals surface area contributed by atoms with Gasteiger partial charge < -0.3 is 15.1 Å². The van der Waals surface area contributed by atoms with Crippen molar-refractivity contribution in [2.24, 2.45) is 4.99 Å². The van der Waals surface area contributed by atoms with Crippen molar-refractivity contribution >= 4 is 17.8 Å². The van der Waals surface area contributed by atoms with E-state index in [2.05, 4.69) is 27.2 Å². The number of aliphatic imine (C=N–C) groups is 1. The molecule has 2 aliphatic heterocycles. The van der Waals surface area contributed by atoms with Gasteiger partial charge in [0.15, 0.2) is 5.82 Å². The summed E-state index contributed by atoms with van der Waals surface area (Å²) >= 11 is 6.05. The van der Waals surface area contributed by atoms with E-state index in [1.54, 1.807) is 0 Å². The van der Waals surface area contributed by atoms with Gasteiger partial charge in [-0.2, -0.15) is 0 Å². The van der Waals surface area contributed by atoms with Crippen LogP contribution in [0.4, 0.5) is 0 Å². The highest BCUT2D eigenvalue weighted by Gasteiger charge is 2.19. The number of rotatable bonds is 1. The third kappa shape index (κ3) is 2.01. The molecule has 0 unspecified atom stereocenters. The molecule has 2 rings (SSSR count). The average Bonchev–Trinajstić information content (AvgIpc) is 2.20. The number of nitrogens with zero attached hydrogens (tertiary/aromatic N) is 3. The SMILES string of the molecule is CN1CCN(C2=C(Cl)NCC=N2)CC1. The molecule has 1 saturated heterocycles. The molecule has 0 amide bonds. The summed E-state index contributed by atoms with van der Waals surface area (Å²) in [5.74, 6) is 0.894. The molecule has 1 N–H and O–H groups in total. The Hall–Kier alpha value is -0.740. The van der Waals surface area contributed by atoms with Crippen LogP contribution in [0.5, 0.6) is 0 Å². The fourth-order valence-electron chi connectivity index (χ4n) is 1.64. The molecule has 0 radical (unpaired) electrons. The van der Waals surface area contributed by atoms with E-state index < -0.39 is 0 Å². The normalized spacial score (nSPS) is 24.0. The zero-order valence-corrected chi connectivity index (χ0v) is 9.09. The molecule has 14 heavy (non-hydrogen) atoms. The second-order valence-corrected chi connectivity index (χ2v) is 4.00. The second-order valence-electron chi connectivity index (χ2n) is 3.62. The van der Waals surface area contributed by atoms with Gasteiger partial charge >= 0.3 is 0 Å². The van der Waals surface area contributed by atoms with Gasteiger partial charge in [0.2, 0.25) is 0 Å². The molecule has 0 bridgehead atoms. The summed E-state index contributed by atoms with van der Waals surface area (Å²) in [6.45, 7) is 4.88.